The van der Waals surface area contributed by atoms with Gasteiger partial charge < -0.3 is 14.8 Å². The molecule has 1 aromatic carbocycles. The minimum Gasteiger partial charge on any atom is -0.335 e. The SMILES string of the molecule is Cc1nc2ccccc2n1CC1CCN(C(=O)NC2CCCC2)CC1. The lowest BCUT2D eigenvalue weighted by atomic mass is 9.96. The number of fused-ring (bicyclic) bond motifs is 1. The van der Waals surface area contributed by atoms with Gasteiger partial charge in [-0.05, 0) is 50.7 Å². The second-order valence-corrected chi connectivity index (χ2v) is 7.62. The Bertz CT molecular complexity index is 739. The van der Waals surface area contributed by atoms with Crippen molar-refractivity contribution in [2.45, 2.75) is 58.0 Å². The van der Waals surface area contributed by atoms with Crippen LogP contribution in [-0.2, 0) is 6.54 Å². The van der Waals surface area contributed by atoms with Crippen molar-refractivity contribution in [1.29, 1.82) is 0 Å². The number of nitrogens with zero attached hydrogens (tertiary/aromatic N) is 3. The molecule has 2 amide bonds. The predicted molar refractivity (Wildman–Crippen MR) is 99.6 cm³/mol. The maximum Gasteiger partial charge on any atom is 0.317 e. The summed E-state index contributed by atoms with van der Waals surface area (Å²) in [4.78, 5) is 19.1. The van der Waals surface area contributed by atoms with E-state index in [1.54, 1.807) is 0 Å². The van der Waals surface area contributed by atoms with Crippen LogP contribution >= 0.6 is 0 Å². The van der Waals surface area contributed by atoms with Gasteiger partial charge in [-0.15, -0.1) is 0 Å². The van der Waals surface area contributed by atoms with Gasteiger partial charge in [0.1, 0.15) is 5.82 Å². The van der Waals surface area contributed by atoms with Gasteiger partial charge in [-0.1, -0.05) is 25.0 Å². The number of benzene rings is 1. The number of imidazole rings is 1. The average Bonchev–Trinajstić information content (AvgIpc) is 3.24. The van der Waals surface area contributed by atoms with E-state index in [0.29, 0.717) is 12.0 Å². The lowest BCUT2D eigenvalue weighted by Crippen LogP contribution is -2.47. The van der Waals surface area contributed by atoms with Gasteiger partial charge in [-0.25, -0.2) is 9.78 Å². The first-order chi connectivity index (χ1) is 12.2. The van der Waals surface area contributed by atoms with E-state index in [9.17, 15) is 4.79 Å². The summed E-state index contributed by atoms with van der Waals surface area (Å²) in [6.07, 6.45) is 6.95. The van der Waals surface area contributed by atoms with Crippen LogP contribution in [-0.4, -0.2) is 39.6 Å². The van der Waals surface area contributed by atoms with Gasteiger partial charge in [-0.2, -0.15) is 0 Å². The fraction of sp³-hybridized carbons (Fsp3) is 0.600. The van der Waals surface area contributed by atoms with E-state index in [4.69, 9.17) is 0 Å². The number of aryl methyl sites for hydroxylation is 1. The van der Waals surface area contributed by atoms with Gasteiger partial charge in [-0.3, -0.25) is 0 Å². The number of para-hydroxylation sites is 2. The number of likely N-dealkylation sites (tertiary alicyclic amines) is 1. The van der Waals surface area contributed by atoms with Gasteiger partial charge >= 0.3 is 6.03 Å². The Labute approximate surface area is 149 Å². The number of urea groups is 1. The second-order valence-electron chi connectivity index (χ2n) is 7.62. The fourth-order valence-electron chi connectivity index (χ4n) is 4.34. The zero-order valence-electron chi connectivity index (χ0n) is 15.1. The lowest BCUT2D eigenvalue weighted by Gasteiger charge is -2.33. The number of carbonyl (C=O) groups excluding carboxylic acids is 1. The van der Waals surface area contributed by atoms with Crippen molar-refractivity contribution in [2.24, 2.45) is 5.92 Å². The Morgan fingerprint density at radius 2 is 1.88 bits per heavy atom. The number of aromatic nitrogens is 2. The summed E-state index contributed by atoms with van der Waals surface area (Å²) >= 11 is 0. The monoisotopic (exact) mass is 340 g/mol. The summed E-state index contributed by atoms with van der Waals surface area (Å²) < 4.78 is 2.34. The Morgan fingerprint density at radius 3 is 2.64 bits per heavy atom. The van der Waals surface area contributed by atoms with Gasteiger partial charge in [0.25, 0.3) is 0 Å². The summed E-state index contributed by atoms with van der Waals surface area (Å²) in [7, 11) is 0. The molecule has 0 spiro atoms. The zero-order valence-corrected chi connectivity index (χ0v) is 15.1. The van der Waals surface area contributed by atoms with Crippen LogP contribution in [0.5, 0.6) is 0 Å². The topological polar surface area (TPSA) is 50.2 Å². The molecule has 1 saturated heterocycles. The summed E-state index contributed by atoms with van der Waals surface area (Å²) in [6.45, 7) is 4.83. The molecule has 0 bridgehead atoms. The van der Waals surface area contributed by atoms with E-state index >= 15 is 0 Å². The smallest absolute Gasteiger partial charge is 0.317 e. The molecule has 2 aliphatic rings. The Balaban J connectivity index is 1.34. The fourth-order valence-corrected chi connectivity index (χ4v) is 4.34. The standard InChI is InChI=1S/C20H28N4O/c1-15-21-18-8-4-5-9-19(18)24(15)14-16-10-12-23(13-11-16)20(25)22-17-6-2-3-7-17/h4-5,8-9,16-17H,2-3,6-7,10-14H2,1H3,(H,22,25). The van der Waals surface area contributed by atoms with Crippen molar-refractivity contribution in [3.63, 3.8) is 0 Å². The van der Waals surface area contributed by atoms with E-state index in [2.05, 4.69) is 40.0 Å². The molecule has 1 N–H and O–H groups in total. The van der Waals surface area contributed by atoms with Gasteiger partial charge in [0.15, 0.2) is 0 Å². The number of hydrogen-bond acceptors (Lipinski definition) is 2. The average molecular weight is 340 g/mol. The predicted octanol–water partition coefficient (Wildman–Crippen LogP) is 3.71. The van der Waals surface area contributed by atoms with Crippen molar-refractivity contribution in [2.75, 3.05) is 13.1 Å². The van der Waals surface area contributed by atoms with Crippen LogP contribution in [0.2, 0.25) is 0 Å². The highest BCUT2D eigenvalue weighted by Crippen LogP contribution is 2.24. The molecule has 4 rings (SSSR count). The number of hydrogen-bond donors (Lipinski definition) is 1. The van der Waals surface area contributed by atoms with Gasteiger partial charge in [0.05, 0.1) is 11.0 Å². The van der Waals surface area contributed by atoms with Crippen LogP contribution in [0, 0.1) is 12.8 Å². The third-order valence-electron chi connectivity index (χ3n) is 5.87. The molecule has 25 heavy (non-hydrogen) atoms. The molecule has 1 aromatic heterocycles. The summed E-state index contributed by atoms with van der Waals surface area (Å²) in [5, 5.41) is 3.21. The molecule has 2 heterocycles. The molecule has 1 saturated carbocycles. The van der Waals surface area contributed by atoms with Crippen LogP contribution in [0.4, 0.5) is 4.79 Å². The maximum atomic E-state index is 12.4. The molecule has 1 aliphatic heterocycles. The first-order valence-corrected chi connectivity index (χ1v) is 9.68. The largest absolute Gasteiger partial charge is 0.335 e. The third kappa shape index (κ3) is 3.51. The molecule has 0 atom stereocenters. The van der Waals surface area contributed by atoms with Crippen molar-refractivity contribution >= 4 is 17.1 Å². The van der Waals surface area contributed by atoms with Crippen LogP contribution in [0.1, 0.15) is 44.3 Å². The van der Waals surface area contributed by atoms with Gasteiger partial charge in [0, 0.05) is 25.7 Å². The van der Waals surface area contributed by atoms with Gasteiger partial charge in [0.2, 0.25) is 0 Å². The van der Waals surface area contributed by atoms with E-state index < -0.39 is 0 Å². The highest BCUT2D eigenvalue weighted by molar-refractivity contribution is 5.76. The van der Waals surface area contributed by atoms with E-state index in [-0.39, 0.29) is 6.03 Å². The molecular formula is C20H28N4O. The van der Waals surface area contributed by atoms with Crippen LogP contribution < -0.4 is 5.32 Å². The Hall–Kier alpha value is -2.04. The summed E-state index contributed by atoms with van der Waals surface area (Å²) in [5.41, 5.74) is 2.30. The molecule has 5 heteroatoms. The molecule has 5 nitrogen and oxygen atoms in total. The minimum absolute atomic E-state index is 0.148. The Morgan fingerprint density at radius 1 is 1.16 bits per heavy atom. The van der Waals surface area contributed by atoms with Crippen molar-refractivity contribution in [3.8, 4) is 0 Å². The normalized spacial score (nSPS) is 19.6. The van der Waals surface area contributed by atoms with E-state index in [1.165, 1.54) is 18.4 Å². The number of nitrogens with one attached hydrogen (secondary N) is 1. The van der Waals surface area contributed by atoms with E-state index in [0.717, 1.165) is 56.7 Å². The maximum absolute atomic E-state index is 12.4. The first kappa shape index (κ1) is 16.4. The molecule has 2 aromatic rings. The highest BCUT2D eigenvalue weighted by atomic mass is 16.2. The molecule has 2 fully saturated rings. The summed E-state index contributed by atoms with van der Waals surface area (Å²) in [6, 6.07) is 8.91. The molecule has 1 aliphatic carbocycles. The van der Waals surface area contributed by atoms with Crippen molar-refractivity contribution in [1.82, 2.24) is 19.8 Å². The molecular weight excluding hydrogens is 312 g/mol. The van der Waals surface area contributed by atoms with Crippen LogP contribution in [0.15, 0.2) is 24.3 Å². The van der Waals surface area contributed by atoms with Crippen molar-refractivity contribution < 1.29 is 4.79 Å². The van der Waals surface area contributed by atoms with Crippen molar-refractivity contribution in [3.05, 3.63) is 30.1 Å². The molecule has 134 valence electrons. The van der Waals surface area contributed by atoms with Crippen LogP contribution in [0.25, 0.3) is 11.0 Å². The van der Waals surface area contributed by atoms with Crippen LogP contribution in [0.3, 0.4) is 0 Å². The Kier molecular flexibility index (Phi) is 4.64. The number of piperidine rings is 1. The number of rotatable bonds is 3. The third-order valence-corrected chi connectivity index (χ3v) is 5.87. The zero-order chi connectivity index (χ0) is 17.2. The number of amides is 2. The minimum atomic E-state index is 0.148. The van der Waals surface area contributed by atoms with E-state index in [1.807, 2.05) is 11.0 Å². The second kappa shape index (κ2) is 7.06. The number of carbonyl (C=O) groups is 1. The molecule has 0 unspecified atom stereocenters. The summed E-state index contributed by atoms with van der Waals surface area (Å²) in [5.74, 6) is 1.70. The highest BCUT2D eigenvalue weighted by Gasteiger charge is 2.26. The quantitative estimate of drug-likeness (QED) is 0.926. The lowest BCUT2D eigenvalue weighted by molar-refractivity contribution is 0.162. The first-order valence-electron chi connectivity index (χ1n) is 9.68. The molecule has 0 radical (unpaired) electrons.